The van der Waals surface area contributed by atoms with Crippen molar-refractivity contribution < 1.29 is 9.53 Å². The van der Waals surface area contributed by atoms with Crippen molar-refractivity contribution in [3.05, 3.63) is 60.3 Å². The van der Waals surface area contributed by atoms with Gasteiger partial charge in [-0.05, 0) is 62.8 Å². The van der Waals surface area contributed by atoms with Crippen LogP contribution in [0.3, 0.4) is 0 Å². The predicted molar refractivity (Wildman–Crippen MR) is 138 cm³/mol. The summed E-state index contributed by atoms with van der Waals surface area (Å²) in [5.74, 6) is 0.726. The molecule has 1 aliphatic rings. The number of aromatic amines is 1. The van der Waals surface area contributed by atoms with Crippen molar-refractivity contribution in [3.63, 3.8) is 0 Å². The van der Waals surface area contributed by atoms with Crippen LogP contribution in [-0.2, 0) is 0 Å². The van der Waals surface area contributed by atoms with Crippen LogP contribution in [0.4, 0.5) is 5.69 Å². The van der Waals surface area contributed by atoms with Crippen molar-refractivity contribution in [1.82, 2.24) is 25.0 Å². The van der Waals surface area contributed by atoms with Gasteiger partial charge in [0.15, 0.2) is 5.65 Å². The van der Waals surface area contributed by atoms with E-state index in [0.29, 0.717) is 29.5 Å². The topological polar surface area (TPSA) is 100 Å². The van der Waals surface area contributed by atoms with E-state index in [4.69, 9.17) is 10.5 Å². The number of aromatic nitrogens is 3. The lowest BCUT2D eigenvalue weighted by Gasteiger charge is -2.36. The van der Waals surface area contributed by atoms with Crippen LogP contribution in [0.2, 0.25) is 0 Å². The van der Waals surface area contributed by atoms with Crippen molar-refractivity contribution >= 4 is 22.6 Å². The number of benzene rings is 2. The number of carbonyl (C=O) groups excluding carboxylic acids is 1. The largest absolute Gasteiger partial charge is 0.496 e. The second-order valence-electron chi connectivity index (χ2n) is 9.21. The van der Waals surface area contributed by atoms with Crippen molar-refractivity contribution in [2.24, 2.45) is 0 Å². The molecule has 3 N–H and O–H groups in total. The number of hydrogen-bond donors (Lipinski definition) is 2. The van der Waals surface area contributed by atoms with E-state index in [0.717, 1.165) is 52.9 Å². The Morgan fingerprint density at radius 3 is 2.80 bits per heavy atom. The Balaban J connectivity index is 1.51. The molecule has 1 aliphatic heterocycles. The molecule has 4 aromatic rings. The summed E-state index contributed by atoms with van der Waals surface area (Å²) >= 11 is 0. The highest BCUT2D eigenvalue weighted by molar-refractivity contribution is 6.01. The molecule has 0 aliphatic carbocycles. The predicted octanol–water partition coefficient (Wildman–Crippen LogP) is 4.05. The Labute approximate surface area is 204 Å². The standard InChI is InChI=1S/C27H30N6O2/c1-32(2)19-7-6-12-33(16-19)27(34)21-13-17(10-11-23(21)28)18-14-22-25(30-31-26(22)29-15-18)20-8-4-5-9-24(20)35-3/h4-5,8-11,13-15,19H,6-7,12,16,28H2,1-3H3,(H,29,30,31). The van der Waals surface area contributed by atoms with Gasteiger partial charge in [0.05, 0.1) is 18.4 Å². The van der Waals surface area contributed by atoms with Crippen LogP contribution in [0.25, 0.3) is 33.4 Å². The van der Waals surface area contributed by atoms with Gasteiger partial charge < -0.3 is 20.3 Å². The van der Waals surface area contributed by atoms with Gasteiger partial charge in [-0.25, -0.2) is 4.98 Å². The zero-order chi connectivity index (χ0) is 24.5. The summed E-state index contributed by atoms with van der Waals surface area (Å²) in [5, 5.41) is 8.35. The number of rotatable bonds is 5. The molecule has 2 aromatic carbocycles. The fourth-order valence-electron chi connectivity index (χ4n) is 4.77. The van der Waals surface area contributed by atoms with Crippen LogP contribution in [0.15, 0.2) is 54.7 Å². The van der Waals surface area contributed by atoms with Crippen LogP contribution < -0.4 is 10.5 Å². The highest BCUT2D eigenvalue weighted by atomic mass is 16.5. The number of H-pyrrole nitrogens is 1. The monoisotopic (exact) mass is 470 g/mol. The Bertz CT molecular complexity index is 1380. The maximum absolute atomic E-state index is 13.4. The number of likely N-dealkylation sites (N-methyl/N-ethyl adjacent to an activating group) is 1. The molecule has 8 nitrogen and oxygen atoms in total. The second-order valence-corrected chi connectivity index (χ2v) is 9.21. The molecule has 1 atom stereocenters. The molecule has 0 saturated carbocycles. The highest BCUT2D eigenvalue weighted by Crippen LogP contribution is 2.35. The molecule has 0 radical (unpaired) electrons. The van der Waals surface area contributed by atoms with Gasteiger partial charge in [0.25, 0.3) is 5.91 Å². The SMILES string of the molecule is COc1ccccc1-c1[nH]nc2ncc(-c3ccc(N)c(C(=O)N4CCCC(N(C)C)C4)c3)cc12. The number of nitrogens with zero attached hydrogens (tertiary/aromatic N) is 4. The number of ether oxygens (including phenoxy) is 1. The average Bonchev–Trinajstić information content (AvgIpc) is 3.31. The van der Waals surface area contributed by atoms with Crippen LogP contribution in [-0.4, -0.2) is 71.2 Å². The maximum Gasteiger partial charge on any atom is 0.256 e. The number of nitrogen functional groups attached to an aromatic ring is 1. The number of carbonyl (C=O) groups is 1. The summed E-state index contributed by atoms with van der Waals surface area (Å²) in [4.78, 5) is 22.1. The van der Waals surface area contributed by atoms with Crippen LogP contribution in [0, 0.1) is 0 Å². The molecule has 5 rings (SSSR count). The van der Waals surface area contributed by atoms with Crippen LogP contribution >= 0.6 is 0 Å². The first-order chi connectivity index (χ1) is 17.0. The van der Waals surface area contributed by atoms with E-state index in [9.17, 15) is 4.79 Å². The highest BCUT2D eigenvalue weighted by Gasteiger charge is 2.27. The molecule has 1 saturated heterocycles. The third-order valence-electron chi connectivity index (χ3n) is 6.82. The number of likely N-dealkylation sites (tertiary alicyclic amines) is 1. The Morgan fingerprint density at radius 1 is 1.17 bits per heavy atom. The Hall–Kier alpha value is -3.91. The smallest absolute Gasteiger partial charge is 0.256 e. The summed E-state index contributed by atoms with van der Waals surface area (Å²) in [6, 6.07) is 15.8. The summed E-state index contributed by atoms with van der Waals surface area (Å²) in [6.07, 6.45) is 3.86. The minimum absolute atomic E-state index is 0.0250. The first-order valence-electron chi connectivity index (χ1n) is 11.8. The van der Waals surface area contributed by atoms with E-state index in [-0.39, 0.29) is 5.91 Å². The Kier molecular flexibility index (Phi) is 6.13. The van der Waals surface area contributed by atoms with Gasteiger partial charge in [-0.1, -0.05) is 18.2 Å². The van der Waals surface area contributed by atoms with Crippen molar-refractivity contribution in [2.45, 2.75) is 18.9 Å². The Morgan fingerprint density at radius 2 is 2.00 bits per heavy atom. The molecule has 0 bridgehead atoms. The normalized spacial score (nSPS) is 16.1. The third-order valence-corrected chi connectivity index (χ3v) is 6.82. The number of anilines is 1. The van der Waals surface area contributed by atoms with Crippen molar-refractivity contribution in [3.8, 4) is 28.1 Å². The fourth-order valence-corrected chi connectivity index (χ4v) is 4.77. The van der Waals surface area contributed by atoms with Crippen molar-refractivity contribution in [1.29, 1.82) is 0 Å². The second kappa shape index (κ2) is 9.38. The third kappa shape index (κ3) is 4.33. The van der Waals surface area contributed by atoms with E-state index in [1.807, 2.05) is 47.4 Å². The first-order valence-corrected chi connectivity index (χ1v) is 11.8. The summed E-state index contributed by atoms with van der Waals surface area (Å²) in [6.45, 7) is 1.46. The van der Waals surface area contributed by atoms with Gasteiger partial charge in [0.1, 0.15) is 5.75 Å². The quantitative estimate of drug-likeness (QED) is 0.427. The lowest BCUT2D eigenvalue weighted by Crippen LogP contribution is -2.47. The summed E-state index contributed by atoms with van der Waals surface area (Å²) < 4.78 is 5.54. The molecule has 0 spiro atoms. The summed E-state index contributed by atoms with van der Waals surface area (Å²) in [5.41, 5.74) is 11.4. The van der Waals surface area contributed by atoms with Crippen LogP contribution in [0.1, 0.15) is 23.2 Å². The van der Waals surface area contributed by atoms with Gasteiger partial charge >= 0.3 is 0 Å². The number of piperidine rings is 1. The van der Waals surface area contributed by atoms with Gasteiger partial charge in [0.2, 0.25) is 0 Å². The number of amides is 1. The van der Waals surface area contributed by atoms with Crippen molar-refractivity contribution in [2.75, 3.05) is 40.0 Å². The minimum Gasteiger partial charge on any atom is -0.496 e. The molecule has 2 aromatic heterocycles. The molecule has 1 amide bonds. The number of nitrogens with two attached hydrogens (primary N) is 1. The number of para-hydroxylation sites is 1. The van der Waals surface area contributed by atoms with Gasteiger partial charge in [0, 0.05) is 47.5 Å². The minimum atomic E-state index is -0.0250. The lowest BCUT2D eigenvalue weighted by atomic mass is 9.99. The zero-order valence-corrected chi connectivity index (χ0v) is 20.3. The molecule has 3 heterocycles. The lowest BCUT2D eigenvalue weighted by molar-refractivity contribution is 0.0636. The van der Waals surface area contributed by atoms with E-state index in [2.05, 4.69) is 34.2 Å². The van der Waals surface area contributed by atoms with E-state index < -0.39 is 0 Å². The van der Waals surface area contributed by atoms with E-state index in [1.54, 1.807) is 19.4 Å². The van der Waals surface area contributed by atoms with Crippen LogP contribution in [0.5, 0.6) is 5.75 Å². The average molecular weight is 471 g/mol. The van der Waals surface area contributed by atoms with Gasteiger partial charge in [-0.3, -0.25) is 9.89 Å². The maximum atomic E-state index is 13.4. The first kappa shape index (κ1) is 22.9. The van der Waals surface area contributed by atoms with Gasteiger partial charge in [-0.2, -0.15) is 5.10 Å². The zero-order valence-electron chi connectivity index (χ0n) is 20.3. The molecular formula is C27H30N6O2. The molecule has 1 fully saturated rings. The van der Waals surface area contributed by atoms with E-state index in [1.165, 1.54) is 0 Å². The number of nitrogens with one attached hydrogen (secondary N) is 1. The number of hydrogen-bond acceptors (Lipinski definition) is 6. The molecular weight excluding hydrogens is 440 g/mol. The molecule has 180 valence electrons. The fraction of sp³-hybridized carbons (Fsp3) is 0.296. The number of methoxy groups -OCH3 is 1. The van der Waals surface area contributed by atoms with Gasteiger partial charge in [-0.15, -0.1) is 0 Å². The number of pyridine rings is 1. The molecule has 35 heavy (non-hydrogen) atoms. The van der Waals surface area contributed by atoms with E-state index >= 15 is 0 Å². The number of fused-ring (bicyclic) bond motifs is 1. The summed E-state index contributed by atoms with van der Waals surface area (Å²) in [7, 11) is 5.77. The molecule has 1 unspecified atom stereocenters. The molecule has 8 heteroatoms.